The number of hydrogen-bond acceptors (Lipinski definition) is 5. The van der Waals surface area contributed by atoms with Gasteiger partial charge in [0.2, 0.25) is 0 Å². The number of hydrogen-bond donors (Lipinski definition) is 2. The van der Waals surface area contributed by atoms with Gasteiger partial charge in [0.1, 0.15) is 0 Å². The first-order chi connectivity index (χ1) is 10.4. The Morgan fingerprint density at radius 2 is 2.14 bits per heavy atom. The Hall–Kier alpha value is -1.98. The summed E-state index contributed by atoms with van der Waals surface area (Å²) in [5, 5.41) is 0. The smallest absolute Gasteiger partial charge is 0.175 e. The van der Waals surface area contributed by atoms with Crippen LogP contribution in [0.1, 0.15) is 26.5 Å². The maximum absolute atomic E-state index is 10.9. The minimum Gasteiger partial charge on any atom is -0.396 e. The summed E-state index contributed by atoms with van der Waals surface area (Å²) in [5.74, 6) is -0.137. The fraction of sp³-hybridized carbons (Fsp3) is 0.412. The van der Waals surface area contributed by atoms with E-state index in [4.69, 9.17) is 16.2 Å². The number of nitrogens with two attached hydrogens (primary N) is 2. The summed E-state index contributed by atoms with van der Waals surface area (Å²) >= 11 is 0. The lowest BCUT2D eigenvalue weighted by molar-refractivity contribution is -0.113. The normalized spacial score (nSPS) is 13.1. The highest BCUT2D eigenvalue weighted by Gasteiger charge is 2.00. The topological polar surface area (TPSA) is 91.2 Å². The van der Waals surface area contributed by atoms with Crippen molar-refractivity contribution in [1.82, 2.24) is 4.98 Å². The molecule has 5 heteroatoms. The van der Waals surface area contributed by atoms with Gasteiger partial charge in [-0.3, -0.25) is 9.78 Å². The monoisotopic (exact) mass is 305 g/mol. The highest BCUT2D eigenvalue weighted by Crippen LogP contribution is 2.01. The Labute approximate surface area is 133 Å². The van der Waals surface area contributed by atoms with E-state index in [9.17, 15) is 4.79 Å². The van der Waals surface area contributed by atoms with Crippen molar-refractivity contribution in [3.8, 4) is 0 Å². The predicted molar refractivity (Wildman–Crippen MR) is 90.2 cm³/mol. The lowest BCUT2D eigenvalue weighted by Gasteiger charge is -2.07. The highest BCUT2D eigenvalue weighted by molar-refractivity contribution is 5.92. The van der Waals surface area contributed by atoms with Crippen LogP contribution in [-0.2, 0) is 9.53 Å². The summed E-state index contributed by atoms with van der Waals surface area (Å²) in [6.07, 6.45) is 5.27. The van der Waals surface area contributed by atoms with E-state index in [1.54, 1.807) is 12.3 Å². The molecule has 1 heterocycles. The summed E-state index contributed by atoms with van der Waals surface area (Å²) in [6, 6.07) is 5.87. The molecule has 0 saturated heterocycles. The third kappa shape index (κ3) is 10.8. The third-order valence-corrected chi connectivity index (χ3v) is 2.58. The average molecular weight is 305 g/mol. The summed E-state index contributed by atoms with van der Waals surface area (Å²) in [7, 11) is 0. The molecular formula is C17H27N3O2. The minimum atomic E-state index is -0.137. The molecule has 0 aliphatic heterocycles. The van der Waals surface area contributed by atoms with Crippen molar-refractivity contribution >= 4 is 5.78 Å². The van der Waals surface area contributed by atoms with Gasteiger partial charge in [-0.2, -0.15) is 0 Å². The molecule has 1 atom stereocenters. The van der Waals surface area contributed by atoms with E-state index < -0.39 is 0 Å². The highest BCUT2D eigenvalue weighted by atomic mass is 16.5. The lowest BCUT2D eigenvalue weighted by atomic mass is 10.2. The van der Waals surface area contributed by atoms with Gasteiger partial charge in [-0.25, -0.2) is 0 Å². The van der Waals surface area contributed by atoms with Crippen LogP contribution in [0.2, 0.25) is 0 Å². The molecule has 0 spiro atoms. The standard InChI is InChI=1S/C11H20N2O2.C6H7N/c1-4-10(5-11(13)9(3)14)7-15-6-8(2)12;1-6-4-2-3-5-7-6/h4-5,8H,6-7,12-13H2,1-3H3;2-5H,1H3/b10-4+,11-5+;. The number of Topliss-reactive ketones (excluding diaryl/α,β-unsaturated/α-hetero) is 1. The van der Waals surface area contributed by atoms with Gasteiger partial charge in [0.15, 0.2) is 5.78 Å². The lowest BCUT2D eigenvalue weighted by Crippen LogP contribution is -2.22. The molecule has 0 radical (unpaired) electrons. The van der Waals surface area contributed by atoms with Crippen LogP contribution in [0.3, 0.4) is 0 Å². The molecular weight excluding hydrogens is 278 g/mol. The average Bonchev–Trinajstić information content (AvgIpc) is 2.47. The number of ketones is 1. The van der Waals surface area contributed by atoms with E-state index >= 15 is 0 Å². The Bertz CT molecular complexity index is 494. The summed E-state index contributed by atoms with van der Waals surface area (Å²) in [4.78, 5) is 14.9. The maximum Gasteiger partial charge on any atom is 0.175 e. The van der Waals surface area contributed by atoms with Crippen LogP contribution in [0.25, 0.3) is 0 Å². The molecule has 0 bridgehead atoms. The fourth-order valence-electron chi connectivity index (χ4n) is 1.32. The van der Waals surface area contributed by atoms with Gasteiger partial charge in [0.05, 0.1) is 18.9 Å². The molecule has 122 valence electrons. The molecule has 1 unspecified atom stereocenters. The van der Waals surface area contributed by atoms with Gasteiger partial charge in [0.25, 0.3) is 0 Å². The first-order valence-corrected chi connectivity index (χ1v) is 7.21. The zero-order valence-corrected chi connectivity index (χ0v) is 13.9. The van der Waals surface area contributed by atoms with Gasteiger partial charge >= 0.3 is 0 Å². The molecule has 1 aromatic heterocycles. The summed E-state index contributed by atoms with van der Waals surface area (Å²) in [5.41, 5.74) is 13.2. The number of nitrogens with zero attached hydrogens (tertiary/aromatic N) is 1. The second-order valence-corrected chi connectivity index (χ2v) is 4.98. The van der Waals surface area contributed by atoms with Gasteiger partial charge in [-0.15, -0.1) is 0 Å². The molecule has 0 fully saturated rings. The molecule has 0 aromatic carbocycles. The van der Waals surface area contributed by atoms with E-state index in [0.717, 1.165) is 11.3 Å². The molecule has 0 amide bonds. The predicted octanol–water partition coefficient (Wildman–Crippen LogP) is 2.12. The second kappa shape index (κ2) is 11.7. The number of allylic oxidation sites excluding steroid dienone is 2. The van der Waals surface area contributed by atoms with Gasteiger partial charge < -0.3 is 16.2 Å². The molecule has 22 heavy (non-hydrogen) atoms. The minimum absolute atomic E-state index is 0.0113. The maximum atomic E-state index is 10.9. The number of rotatable bonds is 6. The fourth-order valence-corrected chi connectivity index (χ4v) is 1.32. The Balaban J connectivity index is 0.000000518. The number of carbonyl (C=O) groups excluding carboxylic acids is 1. The van der Waals surface area contributed by atoms with Gasteiger partial charge in [-0.05, 0) is 44.6 Å². The molecule has 4 N–H and O–H groups in total. The summed E-state index contributed by atoms with van der Waals surface area (Å²) < 4.78 is 5.32. The van der Waals surface area contributed by atoms with Crippen molar-refractivity contribution in [3.05, 3.63) is 53.5 Å². The van der Waals surface area contributed by atoms with Crippen molar-refractivity contribution in [3.63, 3.8) is 0 Å². The summed E-state index contributed by atoms with van der Waals surface area (Å²) in [6.45, 7) is 8.06. The van der Waals surface area contributed by atoms with Crippen molar-refractivity contribution in [2.24, 2.45) is 11.5 Å². The van der Waals surface area contributed by atoms with Crippen molar-refractivity contribution in [2.45, 2.75) is 33.7 Å². The van der Waals surface area contributed by atoms with E-state index in [1.165, 1.54) is 6.92 Å². The third-order valence-electron chi connectivity index (χ3n) is 2.58. The van der Waals surface area contributed by atoms with Crippen LogP contribution < -0.4 is 11.5 Å². The Morgan fingerprint density at radius 3 is 2.50 bits per heavy atom. The number of carbonyl (C=O) groups is 1. The molecule has 0 aliphatic rings. The molecule has 1 aromatic rings. The SMILES string of the molecule is C/C=C(\C=C(\N)C(C)=O)COCC(C)N.Cc1ccccn1. The van der Waals surface area contributed by atoms with Crippen LogP contribution in [-0.4, -0.2) is 30.0 Å². The van der Waals surface area contributed by atoms with E-state index in [2.05, 4.69) is 4.98 Å². The number of ether oxygens (including phenoxy) is 1. The molecule has 0 aliphatic carbocycles. The molecule has 5 nitrogen and oxygen atoms in total. The van der Waals surface area contributed by atoms with Gasteiger partial charge in [0, 0.05) is 24.9 Å². The number of aromatic nitrogens is 1. The number of aryl methyl sites for hydroxylation is 1. The zero-order valence-electron chi connectivity index (χ0n) is 13.9. The number of pyridine rings is 1. The first-order valence-electron chi connectivity index (χ1n) is 7.21. The Morgan fingerprint density at radius 1 is 1.45 bits per heavy atom. The largest absolute Gasteiger partial charge is 0.396 e. The van der Waals surface area contributed by atoms with E-state index in [1.807, 2.05) is 45.0 Å². The van der Waals surface area contributed by atoms with Crippen LogP contribution in [0, 0.1) is 6.92 Å². The quantitative estimate of drug-likeness (QED) is 0.620. The van der Waals surface area contributed by atoms with Crippen LogP contribution >= 0.6 is 0 Å². The van der Waals surface area contributed by atoms with Gasteiger partial charge in [-0.1, -0.05) is 12.1 Å². The van der Waals surface area contributed by atoms with Crippen LogP contribution in [0.5, 0.6) is 0 Å². The van der Waals surface area contributed by atoms with E-state index in [-0.39, 0.29) is 17.5 Å². The zero-order chi connectivity index (χ0) is 17.0. The Kier molecular flexibility index (Phi) is 10.6. The van der Waals surface area contributed by atoms with Crippen LogP contribution in [0.15, 0.2) is 47.8 Å². The van der Waals surface area contributed by atoms with Crippen LogP contribution in [0.4, 0.5) is 0 Å². The van der Waals surface area contributed by atoms with Crippen molar-refractivity contribution in [2.75, 3.05) is 13.2 Å². The molecule has 1 rings (SSSR count). The van der Waals surface area contributed by atoms with E-state index in [0.29, 0.717) is 13.2 Å². The molecule has 0 saturated carbocycles. The second-order valence-electron chi connectivity index (χ2n) is 4.98. The van der Waals surface area contributed by atoms with Crippen molar-refractivity contribution in [1.29, 1.82) is 0 Å². The first kappa shape index (κ1) is 20.0. The van der Waals surface area contributed by atoms with Crippen molar-refractivity contribution < 1.29 is 9.53 Å².